The third-order valence-electron chi connectivity index (χ3n) is 3.34. The normalized spacial score (nSPS) is 21.1. The van der Waals surface area contributed by atoms with Crippen molar-refractivity contribution in [2.24, 2.45) is 11.7 Å². The number of amides is 2. The summed E-state index contributed by atoms with van der Waals surface area (Å²) in [6.45, 7) is 0.659. The molecule has 3 N–H and O–H groups in total. The number of ether oxygens (including phenoxy) is 1. The lowest BCUT2D eigenvalue weighted by molar-refractivity contribution is -0.120. The fourth-order valence-corrected chi connectivity index (χ4v) is 2.24. The summed E-state index contributed by atoms with van der Waals surface area (Å²) in [5.74, 6) is -0.825. The largest absolute Gasteiger partial charge is 0.379 e. The zero-order valence-electron chi connectivity index (χ0n) is 11.9. The van der Waals surface area contributed by atoms with E-state index in [2.05, 4.69) is 5.32 Å². The van der Waals surface area contributed by atoms with Crippen LogP contribution >= 0.6 is 11.6 Å². The maximum absolute atomic E-state index is 12.2. The van der Waals surface area contributed by atoms with Crippen molar-refractivity contribution in [2.45, 2.75) is 6.04 Å². The van der Waals surface area contributed by atoms with Crippen molar-refractivity contribution in [1.82, 2.24) is 4.90 Å². The van der Waals surface area contributed by atoms with Gasteiger partial charge in [0.2, 0.25) is 5.91 Å². The minimum absolute atomic E-state index is 0.164. The SMILES string of the molecule is CN(C)C(=O)c1ccc(Cl)c(NC(=O)C2COCC2N)c1. The number of nitrogens with two attached hydrogens (primary N) is 1. The van der Waals surface area contributed by atoms with Crippen molar-refractivity contribution in [2.75, 3.05) is 32.6 Å². The number of rotatable bonds is 3. The van der Waals surface area contributed by atoms with E-state index < -0.39 is 5.92 Å². The van der Waals surface area contributed by atoms with Crippen molar-refractivity contribution >= 4 is 29.1 Å². The molecule has 2 unspecified atom stereocenters. The summed E-state index contributed by atoms with van der Waals surface area (Å²) in [5, 5.41) is 3.08. The summed E-state index contributed by atoms with van der Waals surface area (Å²) in [7, 11) is 3.31. The standard InChI is InChI=1S/C14H18ClN3O3/c1-18(2)14(20)8-3-4-10(15)12(5-8)17-13(19)9-6-21-7-11(9)16/h3-5,9,11H,6-7,16H2,1-2H3,(H,17,19). The Kier molecular flexibility index (Phi) is 4.82. The van der Waals surface area contributed by atoms with Gasteiger partial charge >= 0.3 is 0 Å². The minimum atomic E-state index is -0.408. The molecule has 1 heterocycles. The maximum atomic E-state index is 12.2. The Balaban J connectivity index is 2.17. The first kappa shape index (κ1) is 15.8. The van der Waals surface area contributed by atoms with E-state index in [0.29, 0.717) is 29.5 Å². The van der Waals surface area contributed by atoms with E-state index in [4.69, 9.17) is 22.1 Å². The smallest absolute Gasteiger partial charge is 0.253 e. The molecule has 2 amide bonds. The molecule has 114 valence electrons. The van der Waals surface area contributed by atoms with Crippen LogP contribution in [0.4, 0.5) is 5.69 Å². The number of carbonyl (C=O) groups excluding carboxylic acids is 2. The predicted molar refractivity (Wildman–Crippen MR) is 80.4 cm³/mol. The van der Waals surface area contributed by atoms with Gasteiger partial charge < -0.3 is 20.7 Å². The molecule has 1 aliphatic heterocycles. The monoisotopic (exact) mass is 311 g/mol. The molecule has 1 saturated heterocycles. The zero-order chi connectivity index (χ0) is 15.6. The topological polar surface area (TPSA) is 84.7 Å². The maximum Gasteiger partial charge on any atom is 0.253 e. The molecule has 2 rings (SSSR count). The number of carbonyl (C=O) groups is 2. The molecule has 0 bridgehead atoms. The van der Waals surface area contributed by atoms with Crippen LogP contribution in [0.25, 0.3) is 0 Å². The third kappa shape index (κ3) is 3.53. The molecule has 1 aromatic carbocycles. The highest BCUT2D eigenvalue weighted by Crippen LogP contribution is 2.25. The lowest BCUT2D eigenvalue weighted by Gasteiger charge is -2.16. The number of anilines is 1. The average molecular weight is 312 g/mol. The fourth-order valence-electron chi connectivity index (χ4n) is 2.08. The van der Waals surface area contributed by atoms with Crippen LogP contribution in [-0.4, -0.2) is 50.1 Å². The van der Waals surface area contributed by atoms with E-state index in [1.165, 1.54) is 4.90 Å². The van der Waals surface area contributed by atoms with E-state index in [1.54, 1.807) is 32.3 Å². The number of benzene rings is 1. The quantitative estimate of drug-likeness (QED) is 0.870. The third-order valence-corrected chi connectivity index (χ3v) is 3.67. The molecule has 0 aromatic heterocycles. The Morgan fingerprint density at radius 3 is 2.67 bits per heavy atom. The molecular formula is C14H18ClN3O3. The van der Waals surface area contributed by atoms with Crippen LogP contribution in [0, 0.1) is 5.92 Å². The summed E-state index contributed by atoms with van der Waals surface area (Å²) in [6, 6.07) is 4.43. The van der Waals surface area contributed by atoms with Crippen LogP contribution in [0.3, 0.4) is 0 Å². The Bertz CT molecular complexity index is 562. The highest BCUT2D eigenvalue weighted by Gasteiger charge is 2.31. The van der Waals surface area contributed by atoms with Crippen LogP contribution in [0.5, 0.6) is 0 Å². The molecule has 0 saturated carbocycles. The van der Waals surface area contributed by atoms with Gasteiger partial charge in [-0.05, 0) is 18.2 Å². The van der Waals surface area contributed by atoms with Gasteiger partial charge in [0.15, 0.2) is 0 Å². The molecule has 0 aliphatic carbocycles. The second-order valence-electron chi connectivity index (χ2n) is 5.19. The van der Waals surface area contributed by atoms with E-state index in [-0.39, 0.29) is 17.9 Å². The molecule has 1 fully saturated rings. The van der Waals surface area contributed by atoms with E-state index in [9.17, 15) is 9.59 Å². The first-order valence-electron chi connectivity index (χ1n) is 6.55. The summed E-state index contributed by atoms with van der Waals surface area (Å²) < 4.78 is 5.17. The highest BCUT2D eigenvalue weighted by molar-refractivity contribution is 6.34. The first-order valence-corrected chi connectivity index (χ1v) is 6.93. The van der Waals surface area contributed by atoms with E-state index in [1.807, 2.05) is 0 Å². The van der Waals surface area contributed by atoms with Crippen LogP contribution < -0.4 is 11.1 Å². The molecule has 1 aromatic rings. The first-order chi connectivity index (χ1) is 9.90. The zero-order valence-corrected chi connectivity index (χ0v) is 12.7. The Morgan fingerprint density at radius 1 is 1.38 bits per heavy atom. The van der Waals surface area contributed by atoms with Gasteiger partial charge in [-0.25, -0.2) is 0 Å². The average Bonchev–Trinajstić information content (AvgIpc) is 2.86. The van der Waals surface area contributed by atoms with Gasteiger partial charge in [0.05, 0.1) is 29.8 Å². The van der Waals surface area contributed by atoms with E-state index >= 15 is 0 Å². The van der Waals surface area contributed by atoms with E-state index in [0.717, 1.165) is 0 Å². The van der Waals surface area contributed by atoms with Gasteiger partial charge in [0.1, 0.15) is 0 Å². The molecular weight excluding hydrogens is 294 g/mol. The van der Waals surface area contributed by atoms with Gasteiger partial charge in [0.25, 0.3) is 5.91 Å². The van der Waals surface area contributed by atoms with Crippen molar-refractivity contribution in [1.29, 1.82) is 0 Å². The van der Waals surface area contributed by atoms with Gasteiger partial charge in [0, 0.05) is 25.7 Å². The lowest BCUT2D eigenvalue weighted by Crippen LogP contribution is -2.37. The highest BCUT2D eigenvalue weighted by atomic mass is 35.5. The van der Waals surface area contributed by atoms with Crippen molar-refractivity contribution in [3.63, 3.8) is 0 Å². The molecule has 0 spiro atoms. The molecule has 0 radical (unpaired) electrons. The Hall–Kier alpha value is -1.63. The van der Waals surface area contributed by atoms with Crippen LogP contribution in [0.1, 0.15) is 10.4 Å². The molecule has 1 aliphatic rings. The summed E-state index contributed by atoms with van der Waals surface area (Å²) in [6.07, 6.45) is 0. The van der Waals surface area contributed by atoms with Crippen molar-refractivity contribution < 1.29 is 14.3 Å². The van der Waals surface area contributed by atoms with Crippen molar-refractivity contribution in [3.8, 4) is 0 Å². The van der Waals surface area contributed by atoms with Crippen LogP contribution in [0.15, 0.2) is 18.2 Å². The summed E-state index contributed by atoms with van der Waals surface area (Å²) in [5.41, 5.74) is 6.66. The molecule has 2 atom stereocenters. The molecule has 6 nitrogen and oxygen atoms in total. The molecule has 7 heteroatoms. The van der Waals surface area contributed by atoms with Crippen LogP contribution in [-0.2, 0) is 9.53 Å². The van der Waals surface area contributed by atoms with Crippen LogP contribution in [0.2, 0.25) is 5.02 Å². The number of hydrogen-bond acceptors (Lipinski definition) is 4. The second kappa shape index (κ2) is 6.43. The predicted octanol–water partition coefficient (Wildman–Crippen LogP) is 0.954. The second-order valence-corrected chi connectivity index (χ2v) is 5.60. The van der Waals surface area contributed by atoms with Crippen molar-refractivity contribution in [3.05, 3.63) is 28.8 Å². The molecule has 21 heavy (non-hydrogen) atoms. The Morgan fingerprint density at radius 2 is 2.10 bits per heavy atom. The fraction of sp³-hybridized carbons (Fsp3) is 0.429. The van der Waals surface area contributed by atoms with Gasteiger partial charge in [-0.3, -0.25) is 9.59 Å². The lowest BCUT2D eigenvalue weighted by atomic mass is 10.0. The van der Waals surface area contributed by atoms with Gasteiger partial charge in [-0.15, -0.1) is 0 Å². The van der Waals surface area contributed by atoms with Gasteiger partial charge in [-0.1, -0.05) is 11.6 Å². The number of nitrogens with zero attached hydrogens (tertiary/aromatic N) is 1. The Labute approximate surface area is 128 Å². The minimum Gasteiger partial charge on any atom is -0.379 e. The summed E-state index contributed by atoms with van der Waals surface area (Å²) in [4.78, 5) is 25.6. The van der Waals surface area contributed by atoms with Gasteiger partial charge in [-0.2, -0.15) is 0 Å². The number of nitrogens with one attached hydrogen (secondary N) is 1. The number of halogens is 1. The number of hydrogen-bond donors (Lipinski definition) is 2. The summed E-state index contributed by atoms with van der Waals surface area (Å²) >= 11 is 6.07.